The SMILES string of the molecule is c1ccc(-c2ccc(-c3nc(-c4cccc5oc6ccccc6c45)nc(-c4ccc(-n5c6ccccc6c6c7ccccc7ccc65)c5oc6ccccc6c45)n3)cc2)cc1. The fraction of sp³-hybridized carbons (Fsp3) is 0. The average molecular weight is 781 g/mol. The number of para-hydroxylation sites is 3. The molecule has 0 fully saturated rings. The number of rotatable bonds is 5. The first kappa shape index (κ1) is 33.6. The quantitative estimate of drug-likeness (QED) is 0.174. The van der Waals surface area contributed by atoms with Gasteiger partial charge in [0.05, 0.1) is 16.7 Å². The van der Waals surface area contributed by atoms with Crippen LogP contribution in [0, 0.1) is 0 Å². The standard InChI is InChI=1S/C55H32N4O2/c1-2-13-33(14-3-1)34-25-27-36(28-26-34)53-56-54(41-20-12-24-48-50(41)39-18-7-10-22-46(39)60-48)58-55(57-53)42-30-32-45(52-51(42)40-19-8-11-23-47(40)61-52)59-43-21-9-6-17-38(43)49-37-16-5-4-15-35(37)29-31-44(49)59/h1-32H. The van der Waals surface area contributed by atoms with E-state index in [0.717, 1.165) is 88.4 Å². The highest BCUT2D eigenvalue weighted by atomic mass is 16.3. The number of benzene rings is 9. The first-order chi connectivity index (χ1) is 30.2. The van der Waals surface area contributed by atoms with Gasteiger partial charge in [-0.15, -0.1) is 0 Å². The van der Waals surface area contributed by atoms with Crippen molar-refractivity contribution in [1.29, 1.82) is 0 Å². The van der Waals surface area contributed by atoms with Gasteiger partial charge in [0.25, 0.3) is 0 Å². The number of nitrogens with zero attached hydrogens (tertiary/aromatic N) is 4. The summed E-state index contributed by atoms with van der Waals surface area (Å²) in [6.07, 6.45) is 0. The molecule has 0 N–H and O–H groups in total. The molecule has 13 rings (SSSR count). The summed E-state index contributed by atoms with van der Waals surface area (Å²) in [7, 11) is 0. The van der Waals surface area contributed by atoms with Gasteiger partial charge in [-0.05, 0) is 64.4 Å². The lowest BCUT2D eigenvalue weighted by molar-refractivity contribution is 0.666. The molecule has 0 spiro atoms. The van der Waals surface area contributed by atoms with Crippen LogP contribution in [0.5, 0.6) is 0 Å². The highest BCUT2D eigenvalue weighted by Crippen LogP contribution is 2.44. The molecule has 0 saturated carbocycles. The Bertz CT molecular complexity index is 3880. The zero-order chi connectivity index (χ0) is 40.0. The minimum absolute atomic E-state index is 0.549. The molecule has 0 amide bonds. The van der Waals surface area contributed by atoms with Crippen LogP contribution in [0.15, 0.2) is 203 Å². The number of furan rings is 2. The normalized spacial score (nSPS) is 11.9. The van der Waals surface area contributed by atoms with Gasteiger partial charge in [0, 0.05) is 49.0 Å². The van der Waals surface area contributed by atoms with E-state index in [9.17, 15) is 0 Å². The van der Waals surface area contributed by atoms with E-state index >= 15 is 0 Å². The number of hydrogen-bond donors (Lipinski definition) is 0. The van der Waals surface area contributed by atoms with Gasteiger partial charge in [-0.3, -0.25) is 0 Å². The van der Waals surface area contributed by atoms with Gasteiger partial charge in [-0.2, -0.15) is 0 Å². The van der Waals surface area contributed by atoms with E-state index in [4.69, 9.17) is 23.8 Å². The predicted molar refractivity (Wildman–Crippen MR) is 248 cm³/mol. The topological polar surface area (TPSA) is 69.9 Å². The lowest BCUT2D eigenvalue weighted by Crippen LogP contribution is -2.01. The van der Waals surface area contributed by atoms with Gasteiger partial charge in [0.15, 0.2) is 23.1 Å². The summed E-state index contributed by atoms with van der Waals surface area (Å²) in [5, 5.41) is 8.73. The Morgan fingerprint density at radius 3 is 1.72 bits per heavy atom. The van der Waals surface area contributed by atoms with Gasteiger partial charge in [0.2, 0.25) is 0 Å². The van der Waals surface area contributed by atoms with E-state index in [1.807, 2.05) is 48.5 Å². The third-order valence-electron chi connectivity index (χ3n) is 12.1. The van der Waals surface area contributed by atoms with Crippen LogP contribution in [0.1, 0.15) is 0 Å². The average Bonchev–Trinajstić information content (AvgIpc) is 4.02. The third kappa shape index (κ3) is 5.12. The summed E-state index contributed by atoms with van der Waals surface area (Å²) >= 11 is 0. The molecule has 6 nitrogen and oxygen atoms in total. The van der Waals surface area contributed by atoms with Gasteiger partial charge in [0.1, 0.15) is 16.7 Å². The van der Waals surface area contributed by atoms with Crippen LogP contribution >= 0.6 is 0 Å². The molecule has 0 aliphatic carbocycles. The van der Waals surface area contributed by atoms with Crippen LogP contribution in [0.3, 0.4) is 0 Å². The Morgan fingerprint density at radius 2 is 0.918 bits per heavy atom. The summed E-state index contributed by atoms with van der Waals surface area (Å²) in [6, 6.07) is 67.3. The molecule has 4 heterocycles. The van der Waals surface area contributed by atoms with E-state index in [0.29, 0.717) is 17.5 Å². The Morgan fingerprint density at radius 1 is 0.328 bits per heavy atom. The molecule has 9 aromatic carbocycles. The molecule has 0 radical (unpaired) electrons. The van der Waals surface area contributed by atoms with Gasteiger partial charge in [-0.25, -0.2) is 15.0 Å². The molecule has 0 saturated heterocycles. The van der Waals surface area contributed by atoms with E-state index < -0.39 is 0 Å². The third-order valence-corrected chi connectivity index (χ3v) is 12.1. The minimum atomic E-state index is 0.549. The molecular weight excluding hydrogens is 749 g/mol. The smallest absolute Gasteiger partial charge is 0.164 e. The zero-order valence-corrected chi connectivity index (χ0v) is 32.6. The van der Waals surface area contributed by atoms with Crippen LogP contribution in [0.4, 0.5) is 0 Å². The first-order valence-corrected chi connectivity index (χ1v) is 20.4. The van der Waals surface area contributed by atoms with Crippen LogP contribution < -0.4 is 0 Å². The van der Waals surface area contributed by atoms with Crippen molar-refractivity contribution in [3.05, 3.63) is 194 Å². The fourth-order valence-corrected chi connectivity index (χ4v) is 9.32. The maximum Gasteiger partial charge on any atom is 0.164 e. The van der Waals surface area contributed by atoms with Crippen LogP contribution in [0.2, 0.25) is 0 Å². The van der Waals surface area contributed by atoms with Crippen LogP contribution in [0.25, 0.3) is 127 Å². The minimum Gasteiger partial charge on any atom is -0.456 e. The van der Waals surface area contributed by atoms with Gasteiger partial charge >= 0.3 is 0 Å². The monoisotopic (exact) mass is 780 g/mol. The molecular formula is C55H32N4O2. The van der Waals surface area contributed by atoms with Crippen molar-refractivity contribution in [1.82, 2.24) is 19.5 Å². The van der Waals surface area contributed by atoms with Crippen LogP contribution in [-0.2, 0) is 0 Å². The Labute approximate surface area is 348 Å². The molecule has 0 aliphatic rings. The Balaban J connectivity index is 1.09. The van der Waals surface area contributed by atoms with Crippen molar-refractivity contribution < 1.29 is 8.83 Å². The zero-order valence-electron chi connectivity index (χ0n) is 32.6. The molecule has 0 bridgehead atoms. The van der Waals surface area contributed by atoms with Crippen LogP contribution in [-0.4, -0.2) is 19.5 Å². The lowest BCUT2D eigenvalue weighted by atomic mass is 10.0. The van der Waals surface area contributed by atoms with Crippen molar-refractivity contribution in [3.63, 3.8) is 0 Å². The predicted octanol–water partition coefficient (Wildman–Crippen LogP) is 14.6. The van der Waals surface area contributed by atoms with Gasteiger partial charge in [-0.1, -0.05) is 152 Å². The first-order valence-electron chi connectivity index (χ1n) is 20.4. The maximum atomic E-state index is 6.93. The van der Waals surface area contributed by atoms with E-state index in [2.05, 4.69) is 150 Å². The molecule has 0 atom stereocenters. The summed E-state index contributed by atoms with van der Waals surface area (Å²) in [4.78, 5) is 15.9. The second-order valence-corrected chi connectivity index (χ2v) is 15.5. The van der Waals surface area contributed by atoms with Crippen molar-refractivity contribution in [3.8, 4) is 51.0 Å². The number of aromatic nitrogens is 4. The van der Waals surface area contributed by atoms with Gasteiger partial charge < -0.3 is 13.4 Å². The Hall–Kier alpha value is -8.35. The molecule has 0 unspecified atom stereocenters. The lowest BCUT2D eigenvalue weighted by Gasteiger charge is -2.13. The second-order valence-electron chi connectivity index (χ2n) is 15.5. The maximum absolute atomic E-state index is 6.93. The molecule has 13 aromatic rings. The molecule has 4 aromatic heterocycles. The van der Waals surface area contributed by atoms with E-state index in [1.54, 1.807) is 0 Å². The summed E-state index contributed by atoms with van der Waals surface area (Å²) < 4.78 is 15.6. The summed E-state index contributed by atoms with van der Waals surface area (Å²) in [5.41, 5.74) is 11.2. The highest BCUT2D eigenvalue weighted by molar-refractivity contribution is 6.22. The van der Waals surface area contributed by atoms with Crippen molar-refractivity contribution in [2.75, 3.05) is 0 Å². The van der Waals surface area contributed by atoms with Crippen molar-refractivity contribution in [2.24, 2.45) is 0 Å². The Kier molecular flexibility index (Phi) is 7.21. The summed E-state index contributed by atoms with van der Waals surface area (Å²) in [6.45, 7) is 0. The highest BCUT2D eigenvalue weighted by Gasteiger charge is 2.24. The fourth-order valence-electron chi connectivity index (χ4n) is 9.32. The molecule has 284 valence electrons. The van der Waals surface area contributed by atoms with E-state index in [-0.39, 0.29) is 0 Å². The summed E-state index contributed by atoms with van der Waals surface area (Å²) in [5.74, 6) is 1.68. The number of fused-ring (bicyclic) bond motifs is 11. The molecule has 6 heteroatoms. The van der Waals surface area contributed by atoms with E-state index in [1.165, 1.54) is 21.5 Å². The van der Waals surface area contributed by atoms with Crippen molar-refractivity contribution in [2.45, 2.75) is 0 Å². The van der Waals surface area contributed by atoms with Crippen molar-refractivity contribution >= 4 is 76.5 Å². The largest absolute Gasteiger partial charge is 0.456 e. The molecule has 0 aliphatic heterocycles. The number of hydrogen-bond acceptors (Lipinski definition) is 5. The second kappa shape index (κ2) is 13.1. The molecule has 61 heavy (non-hydrogen) atoms.